The van der Waals surface area contributed by atoms with Crippen LogP contribution in [0.5, 0.6) is 0 Å². The van der Waals surface area contributed by atoms with E-state index >= 15 is 0 Å². The largest absolute Gasteiger partial charge is 0.0882 e. The van der Waals surface area contributed by atoms with Gasteiger partial charge in [0.1, 0.15) is 0 Å². The molecule has 20 heavy (non-hydrogen) atoms. The quantitative estimate of drug-likeness (QED) is 0.552. The van der Waals surface area contributed by atoms with E-state index in [1.165, 1.54) is 35.1 Å². The lowest BCUT2D eigenvalue weighted by molar-refractivity contribution is 0.720. The van der Waals surface area contributed by atoms with E-state index in [4.69, 9.17) is 0 Å². The first-order chi connectivity index (χ1) is 9.95. The number of rotatable bonds is 0. The summed E-state index contributed by atoms with van der Waals surface area (Å²) in [7, 11) is 0. The Morgan fingerprint density at radius 3 is 2.90 bits per heavy atom. The molecular weight excluding hydrogens is 240 g/mol. The maximum absolute atomic E-state index is 2.34. The Kier molecular flexibility index (Phi) is 2.81. The Morgan fingerprint density at radius 1 is 0.950 bits per heavy atom. The van der Waals surface area contributed by atoms with Crippen LogP contribution in [-0.4, -0.2) is 0 Å². The van der Waals surface area contributed by atoms with Crippen LogP contribution >= 0.6 is 0 Å². The van der Waals surface area contributed by atoms with Crippen molar-refractivity contribution in [3.63, 3.8) is 0 Å². The van der Waals surface area contributed by atoms with Crippen molar-refractivity contribution in [2.45, 2.75) is 25.2 Å². The van der Waals surface area contributed by atoms with Crippen molar-refractivity contribution in [3.8, 4) is 0 Å². The van der Waals surface area contributed by atoms with Gasteiger partial charge in [-0.1, -0.05) is 66.8 Å². The van der Waals surface area contributed by atoms with E-state index < -0.39 is 0 Å². The fraction of sp³-hybridized carbons (Fsp3) is 0.200. The summed E-state index contributed by atoms with van der Waals surface area (Å²) in [6.45, 7) is 0. The highest BCUT2D eigenvalue weighted by molar-refractivity contribution is 5.88. The summed E-state index contributed by atoms with van der Waals surface area (Å²) in [5, 5.41) is 0. The van der Waals surface area contributed by atoms with E-state index in [9.17, 15) is 0 Å². The first-order valence-electron chi connectivity index (χ1n) is 7.48. The van der Waals surface area contributed by atoms with Crippen molar-refractivity contribution in [1.82, 2.24) is 0 Å². The van der Waals surface area contributed by atoms with Crippen LogP contribution in [0.2, 0.25) is 0 Å². The van der Waals surface area contributed by atoms with Gasteiger partial charge in [-0.3, -0.25) is 0 Å². The summed E-state index contributed by atoms with van der Waals surface area (Å²) in [6.07, 6.45) is 19.2. The van der Waals surface area contributed by atoms with Gasteiger partial charge in [-0.2, -0.15) is 0 Å². The van der Waals surface area contributed by atoms with E-state index in [0.29, 0.717) is 5.92 Å². The van der Waals surface area contributed by atoms with Crippen LogP contribution in [0, 0.1) is 0 Å². The standard InChI is InChI=1S/C20H18/c1-3-9-15-10-4-2-6-14-19-17-12-8-7-11-16(17)18(13-5-1)20(15)19/h1-5,7-9,11-13,19H,6,10,14H2/b3-1?,4-2-,5-1?,9-3?,13-5?,15-9-,18-13?,20-15?. The van der Waals surface area contributed by atoms with Crippen molar-refractivity contribution in [1.29, 1.82) is 0 Å². The second-order valence-electron chi connectivity index (χ2n) is 5.66. The first kappa shape index (κ1) is 11.7. The number of hydrogen-bond acceptors (Lipinski definition) is 0. The summed E-state index contributed by atoms with van der Waals surface area (Å²) in [5.41, 5.74) is 7.45. The zero-order chi connectivity index (χ0) is 13.4. The Morgan fingerprint density at radius 2 is 1.90 bits per heavy atom. The minimum atomic E-state index is 0.577. The number of hydrogen-bond donors (Lipinski definition) is 0. The Labute approximate surface area is 120 Å². The number of fused-ring (bicyclic) bond motifs is 3. The van der Waals surface area contributed by atoms with Gasteiger partial charge in [-0.25, -0.2) is 0 Å². The van der Waals surface area contributed by atoms with Crippen LogP contribution in [-0.2, 0) is 0 Å². The third-order valence-corrected chi connectivity index (χ3v) is 4.52. The summed E-state index contributed by atoms with van der Waals surface area (Å²) in [4.78, 5) is 0. The Bertz CT molecular complexity index is 693. The van der Waals surface area contributed by atoms with Crippen molar-refractivity contribution >= 4 is 5.57 Å². The third kappa shape index (κ3) is 1.76. The van der Waals surface area contributed by atoms with Crippen LogP contribution < -0.4 is 0 Å². The highest BCUT2D eigenvalue weighted by Gasteiger charge is 2.31. The molecule has 1 aromatic carbocycles. The maximum atomic E-state index is 2.34. The van der Waals surface area contributed by atoms with Crippen molar-refractivity contribution in [2.75, 3.05) is 0 Å². The zero-order valence-electron chi connectivity index (χ0n) is 11.5. The number of allylic oxidation sites excluding steroid dienone is 10. The van der Waals surface area contributed by atoms with Crippen molar-refractivity contribution in [2.24, 2.45) is 0 Å². The van der Waals surface area contributed by atoms with Gasteiger partial charge in [0.05, 0.1) is 0 Å². The van der Waals surface area contributed by atoms with Gasteiger partial charge < -0.3 is 0 Å². The summed E-state index contributed by atoms with van der Waals surface area (Å²) >= 11 is 0. The van der Waals surface area contributed by atoms with Gasteiger partial charge in [-0.05, 0) is 47.1 Å². The predicted molar refractivity (Wildman–Crippen MR) is 85.5 cm³/mol. The highest BCUT2D eigenvalue weighted by Crippen LogP contribution is 2.49. The molecule has 0 radical (unpaired) electrons. The molecule has 0 saturated heterocycles. The number of benzene rings is 1. The van der Waals surface area contributed by atoms with Gasteiger partial charge >= 0.3 is 0 Å². The normalized spacial score (nSPS) is 27.6. The van der Waals surface area contributed by atoms with Crippen LogP contribution in [0.15, 0.2) is 77.9 Å². The smallest absolute Gasteiger partial charge is 0.0107 e. The molecule has 0 N–H and O–H groups in total. The second kappa shape index (κ2) is 4.79. The van der Waals surface area contributed by atoms with E-state index in [1.54, 1.807) is 5.57 Å². The molecule has 1 aromatic rings. The van der Waals surface area contributed by atoms with Crippen LogP contribution in [0.4, 0.5) is 0 Å². The van der Waals surface area contributed by atoms with E-state index in [-0.39, 0.29) is 0 Å². The molecule has 0 spiro atoms. The average Bonchev–Trinajstić information content (AvgIpc) is 2.72. The van der Waals surface area contributed by atoms with Gasteiger partial charge in [0.25, 0.3) is 0 Å². The molecule has 4 rings (SSSR count). The molecule has 0 bridgehead atoms. The molecule has 1 atom stereocenters. The van der Waals surface area contributed by atoms with Gasteiger partial charge in [-0.15, -0.1) is 0 Å². The molecule has 0 fully saturated rings. The second-order valence-corrected chi connectivity index (χ2v) is 5.66. The van der Waals surface area contributed by atoms with E-state index in [2.05, 4.69) is 66.8 Å². The topological polar surface area (TPSA) is 0 Å². The van der Waals surface area contributed by atoms with Gasteiger partial charge in [0, 0.05) is 5.92 Å². The van der Waals surface area contributed by atoms with E-state index in [0.717, 1.165) is 6.42 Å². The molecule has 0 nitrogen and oxygen atoms in total. The lowest BCUT2D eigenvalue weighted by atomic mass is 9.83. The molecule has 0 heterocycles. The fourth-order valence-corrected chi connectivity index (χ4v) is 3.66. The first-order valence-corrected chi connectivity index (χ1v) is 7.48. The Hall–Kier alpha value is -2.08. The molecule has 0 amide bonds. The Balaban J connectivity index is 1.98. The molecular formula is C20H18. The zero-order valence-corrected chi connectivity index (χ0v) is 11.5. The SMILES string of the molecule is C1=C/C=C2/C/C=C\CCC3C2=C(C=C1)c1ccccc13. The minimum absolute atomic E-state index is 0.577. The van der Waals surface area contributed by atoms with Crippen molar-refractivity contribution in [3.05, 3.63) is 89.1 Å². The third-order valence-electron chi connectivity index (χ3n) is 4.52. The predicted octanol–water partition coefficient (Wildman–Crippen LogP) is 5.33. The summed E-state index contributed by atoms with van der Waals surface area (Å²) in [5.74, 6) is 0.577. The van der Waals surface area contributed by atoms with Gasteiger partial charge in [0.2, 0.25) is 0 Å². The van der Waals surface area contributed by atoms with Gasteiger partial charge in [0.15, 0.2) is 0 Å². The minimum Gasteiger partial charge on any atom is -0.0882 e. The van der Waals surface area contributed by atoms with E-state index in [1.807, 2.05) is 0 Å². The summed E-state index contributed by atoms with van der Waals surface area (Å²) in [6, 6.07) is 8.94. The van der Waals surface area contributed by atoms with Crippen molar-refractivity contribution < 1.29 is 0 Å². The molecule has 0 saturated carbocycles. The monoisotopic (exact) mass is 258 g/mol. The molecule has 0 aromatic heterocycles. The van der Waals surface area contributed by atoms with Crippen LogP contribution in [0.25, 0.3) is 5.57 Å². The average molecular weight is 258 g/mol. The lowest BCUT2D eigenvalue weighted by Crippen LogP contribution is -2.03. The molecule has 98 valence electrons. The molecule has 3 aliphatic carbocycles. The molecule has 0 aliphatic heterocycles. The summed E-state index contributed by atoms with van der Waals surface area (Å²) < 4.78 is 0. The maximum Gasteiger partial charge on any atom is 0.0107 e. The molecule has 1 unspecified atom stereocenters. The van der Waals surface area contributed by atoms with Crippen LogP contribution in [0.3, 0.4) is 0 Å². The fourth-order valence-electron chi connectivity index (χ4n) is 3.66. The highest BCUT2D eigenvalue weighted by atomic mass is 14.3. The lowest BCUT2D eigenvalue weighted by Gasteiger charge is -2.20. The molecule has 0 heteroatoms. The van der Waals surface area contributed by atoms with Crippen LogP contribution in [0.1, 0.15) is 36.3 Å². The molecule has 3 aliphatic rings.